The Bertz CT molecular complexity index is 523. The summed E-state index contributed by atoms with van der Waals surface area (Å²) < 4.78 is 0. The minimum absolute atomic E-state index is 0.200. The van der Waals surface area contributed by atoms with Gasteiger partial charge in [0, 0.05) is 23.8 Å². The first-order valence-corrected chi connectivity index (χ1v) is 8.09. The Morgan fingerprint density at radius 1 is 1.24 bits per heavy atom. The molecular formula is C17H25N3O. The third-order valence-corrected chi connectivity index (χ3v) is 5.13. The molecule has 1 aliphatic carbocycles. The van der Waals surface area contributed by atoms with E-state index in [0.717, 1.165) is 35.7 Å². The summed E-state index contributed by atoms with van der Waals surface area (Å²) in [5.74, 6) is 6.35. The molecule has 2 aliphatic rings. The van der Waals surface area contributed by atoms with Crippen molar-refractivity contribution in [1.82, 2.24) is 4.90 Å². The molecule has 2 fully saturated rings. The van der Waals surface area contributed by atoms with Crippen molar-refractivity contribution in [2.75, 3.05) is 12.0 Å². The number of anilines is 1. The molecule has 1 aliphatic heterocycles. The van der Waals surface area contributed by atoms with E-state index in [4.69, 9.17) is 5.84 Å². The van der Waals surface area contributed by atoms with Crippen LogP contribution in [0.25, 0.3) is 0 Å². The van der Waals surface area contributed by atoms with Crippen molar-refractivity contribution in [3.63, 3.8) is 0 Å². The molecule has 4 heteroatoms. The normalized spacial score (nSPS) is 22.8. The molecule has 1 aromatic rings. The number of hydrogen-bond donors (Lipinski definition) is 2. The standard InChI is InChI=1S/C17H25N3O/c1-12-11-14(19-18)8-9-15(12)17(21)20-10-4-7-16(20)13-5-2-3-6-13/h8-9,11,13,16,19H,2-7,10,18H2,1H3. The molecule has 0 spiro atoms. The first-order valence-electron chi connectivity index (χ1n) is 8.09. The van der Waals surface area contributed by atoms with Gasteiger partial charge in [0.05, 0.1) is 0 Å². The summed E-state index contributed by atoms with van der Waals surface area (Å²) in [5, 5.41) is 0. The summed E-state index contributed by atoms with van der Waals surface area (Å²) in [6.45, 7) is 2.89. The van der Waals surface area contributed by atoms with E-state index in [1.54, 1.807) is 0 Å². The maximum Gasteiger partial charge on any atom is 0.254 e. The second-order valence-electron chi connectivity index (χ2n) is 6.43. The van der Waals surface area contributed by atoms with Crippen LogP contribution in [0.1, 0.15) is 54.4 Å². The molecule has 0 radical (unpaired) electrons. The number of amides is 1. The van der Waals surface area contributed by atoms with Gasteiger partial charge < -0.3 is 10.3 Å². The number of rotatable bonds is 3. The van der Waals surface area contributed by atoms with Crippen LogP contribution in [0, 0.1) is 12.8 Å². The van der Waals surface area contributed by atoms with Crippen LogP contribution in [0.5, 0.6) is 0 Å². The fourth-order valence-electron chi connectivity index (χ4n) is 4.03. The first-order chi connectivity index (χ1) is 10.2. The highest BCUT2D eigenvalue weighted by Gasteiger charge is 2.36. The van der Waals surface area contributed by atoms with E-state index < -0.39 is 0 Å². The lowest BCUT2D eigenvalue weighted by Gasteiger charge is -2.30. The number of nitrogen functional groups attached to an aromatic ring is 1. The topological polar surface area (TPSA) is 58.4 Å². The number of carbonyl (C=O) groups is 1. The molecule has 1 aromatic carbocycles. The summed E-state index contributed by atoms with van der Waals surface area (Å²) in [6, 6.07) is 6.18. The Hall–Kier alpha value is -1.55. The fourth-order valence-corrected chi connectivity index (χ4v) is 4.03. The zero-order valence-electron chi connectivity index (χ0n) is 12.8. The maximum atomic E-state index is 12.9. The largest absolute Gasteiger partial charge is 0.335 e. The summed E-state index contributed by atoms with van der Waals surface area (Å²) >= 11 is 0. The Balaban J connectivity index is 1.80. The van der Waals surface area contributed by atoms with Crippen LogP contribution in [0.3, 0.4) is 0 Å². The van der Waals surface area contributed by atoms with Crippen LogP contribution in [-0.2, 0) is 0 Å². The second-order valence-corrected chi connectivity index (χ2v) is 6.43. The van der Waals surface area contributed by atoms with Gasteiger partial charge in [-0.15, -0.1) is 0 Å². The molecule has 3 N–H and O–H groups in total. The van der Waals surface area contributed by atoms with Crippen molar-refractivity contribution < 1.29 is 4.79 Å². The van der Waals surface area contributed by atoms with Crippen LogP contribution in [-0.4, -0.2) is 23.4 Å². The number of aryl methyl sites for hydroxylation is 1. The molecule has 1 atom stereocenters. The number of nitrogens with zero attached hydrogens (tertiary/aromatic N) is 1. The number of nitrogens with one attached hydrogen (secondary N) is 1. The van der Waals surface area contributed by atoms with Crippen LogP contribution in [0.15, 0.2) is 18.2 Å². The monoisotopic (exact) mass is 287 g/mol. The van der Waals surface area contributed by atoms with Gasteiger partial charge in [0.1, 0.15) is 0 Å². The van der Waals surface area contributed by atoms with Crippen molar-refractivity contribution >= 4 is 11.6 Å². The number of carbonyl (C=O) groups excluding carboxylic acids is 1. The first kappa shape index (κ1) is 14.4. The van der Waals surface area contributed by atoms with Gasteiger partial charge in [-0.05, 0) is 62.3 Å². The second kappa shape index (κ2) is 6.06. The molecule has 1 amide bonds. The van der Waals surface area contributed by atoms with Crippen molar-refractivity contribution in [2.45, 2.75) is 51.5 Å². The molecule has 0 bridgehead atoms. The summed E-state index contributed by atoms with van der Waals surface area (Å²) in [5.41, 5.74) is 5.29. The Kier molecular flexibility index (Phi) is 4.15. The highest BCUT2D eigenvalue weighted by atomic mass is 16.2. The van der Waals surface area contributed by atoms with Gasteiger partial charge in [0.15, 0.2) is 0 Å². The number of hydrazine groups is 1. The average molecular weight is 287 g/mol. The van der Waals surface area contributed by atoms with E-state index in [-0.39, 0.29) is 5.91 Å². The van der Waals surface area contributed by atoms with Gasteiger partial charge in [-0.1, -0.05) is 12.8 Å². The molecule has 1 heterocycles. The van der Waals surface area contributed by atoms with E-state index in [2.05, 4.69) is 10.3 Å². The molecule has 114 valence electrons. The lowest BCUT2D eigenvalue weighted by atomic mass is 9.95. The highest BCUT2D eigenvalue weighted by Crippen LogP contribution is 2.36. The van der Waals surface area contributed by atoms with Gasteiger partial charge in [0.2, 0.25) is 0 Å². The summed E-state index contributed by atoms with van der Waals surface area (Å²) in [6.07, 6.45) is 7.58. The van der Waals surface area contributed by atoms with E-state index in [0.29, 0.717) is 6.04 Å². The third-order valence-electron chi connectivity index (χ3n) is 5.13. The third kappa shape index (κ3) is 2.77. The molecule has 1 saturated heterocycles. The van der Waals surface area contributed by atoms with Gasteiger partial charge in [-0.2, -0.15) is 0 Å². The van der Waals surface area contributed by atoms with Crippen molar-refractivity contribution in [3.8, 4) is 0 Å². The molecule has 4 nitrogen and oxygen atoms in total. The molecule has 21 heavy (non-hydrogen) atoms. The number of nitrogens with two attached hydrogens (primary N) is 1. The average Bonchev–Trinajstić information content (AvgIpc) is 3.16. The number of benzene rings is 1. The van der Waals surface area contributed by atoms with Gasteiger partial charge in [-0.25, -0.2) is 0 Å². The molecular weight excluding hydrogens is 262 g/mol. The molecule has 1 saturated carbocycles. The van der Waals surface area contributed by atoms with E-state index >= 15 is 0 Å². The SMILES string of the molecule is Cc1cc(NN)ccc1C(=O)N1CCCC1C1CCCC1. The Morgan fingerprint density at radius 3 is 2.67 bits per heavy atom. The predicted octanol–water partition coefficient (Wildman–Crippen LogP) is 3.08. The zero-order valence-corrected chi connectivity index (χ0v) is 12.8. The summed E-state index contributed by atoms with van der Waals surface area (Å²) in [7, 11) is 0. The van der Waals surface area contributed by atoms with Crippen molar-refractivity contribution in [1.29, 1.82) is 0 Å². The minimum Gasteiger partial charge on any atom is -0.335 e. The zero-order chi connectivity index (χ0) is 14.8. The van der Waals surface area contributed by atoms with E-state index in [1.807, 2.05) is 25.1 Å². The fraction of sp³-hybridized carbons (Fsp3) is 0.588. The van der Waals surface area contributed by atoms with Gasteiger partial charge in [-0.3, -0.25) is 10.6 Å². The number of hydrogen-bond acceptors (Lipinski definition) is 3. The lowest BCUT2D eigenvalue weighted by Crippen LogP contribution is -2.39. The maximum absolute atomic E-state index is 12.9. The highest BCUT2D eigenvalue weighted by molar-refractivity contribution is 5.96. The lowest BCUT2D eigenvalue weighted by molar-refractivity contribution is 0.0688. The molecule has 1 unspecified atom stereocenters. The van der Waals surface area contributed by atoms with Crippen LogP contribution < -0.4 is 11.3 Å². The minimum atomic E-state index is 0.200. The van der Waals surface area contributed by atoms with Crippen LogP contribution >= 0.6 is 0 Å². The van der Waals surface area contributed by atoms with Crippen LogP contribution in [0.2, 0.25) is 0 Å². The van der Waals surface area contributed by atoms with E-state index in [1.165, 1.54) is 32.1 Å². The number of likely N-dealkylation sites (tertiary alicyclic amines) is 1. The molecule has 3 rings (SSSR count). The summed E-state index contributed by atoms with van der Waals surface area (Å²) in [4.78, 5) is 15.0. The van der Waals surface area contributed by atoms with Gasteiger partial charge >= 0.3 is 0 Å². The van der Waals surface area contributed by atoms with Crippen molar-refractivity contribution in [3.05, 3.63) is 29.3 Å². The molecule has 0 aromatic heterocycles. The Morgan fingerprint density at radius 2 is 2.00 bits per heavy atom. The predicted molar refractivity (Wildman–Crippen MR) is 85.0 cm³/mol. The van der Waals surface area contributed by atoms with Crippen molar-refractivity contribution in [2.24, 2.45) is 11.8 Å². The Labute approximate surface area is 126 Å². The van der Waals surface area contributed by atoms with Gasteiger partial charge in [0.25, 0.3) is 5.91 Å². The van der Waals surface area contributed by atoms with E-state index in [9.17, 15) is 4.79 Å². The quantitative estimate of drug-likeness (QED) is 0.663. The smallest absolute Gasteiger partial charge is 0.254 e. The van der Waals surface area contributed by atoms with Crippen LogP contribution in [0.4, 0.5) is 5.69 Å².